The van der Waals surface area contributed by atoms with Crippen LogP contribution in [0.3, 0.4) is 0 Å². The van der Waals surface area contributed by atoms with E-state index in [0.717, 1.165) is 41.9 Å². The maximum absolute atomic E-state index is 11.0. The van der Waals surface area contributed by atoms with Crippen molar-refractivity contribution in [1.82, 2.24) is 0 Å². The second kappa shape index (κ2) is 6.98. The molecule has 1 N–H and O–H groups in total. The van der Waals surface area contributed by atoms with Gasteiger partial charge in [-0.2, -0.15) is 0 Å². The van der Waals surface area contributed by atoms with Gasteiger partial charge in [0.15, 0.2) is 0 Å². The molecular weight excluding hydrogens is 330 g/mol. The van der Waals surface area contributed by atoms with Crippen LogP contribution in [-0.4, -0.2) is 17.3 Å². The van der Waals surface area contributed by atoms with E-state index < -0.39 is 0 Å². The number of allylic oxidation sites excluding steroid dienone is 4. The van der Waals surface area contributed by atoms with Gasteiger partial charge >= 0.3 is 0 Å². The van der Waals surface area contributed by atoms with Crippen LogP contribution in [0.1, 0.15) is 38.3 Å². The van der Waals surface area contributed by atoms with Crippen molar-refractivity contribution in [3.05, 3.63) is 63.9 Å². The second-order valence-corrected chi connectivity index (χ2v) is 7.57. The van der Waals surface area contributed by atoms with E-state index in [1.165, 1.54) is 0 Å². The minimum absolute atomic E-state index is 0.0395. The molecule has 1 unspecified atom stereocenters. The average Bonchev–Trinajstić information content (AvgIpc) is 2.60. The highest BCUT2D eigenvalue weighted by molar-refractivity contribution is 5.53. The van der Waals surface area contributed by atoms with Gasteiger partial charge in [-0.05, 0) is 68.5 Å². The number of hydrogen-bond donors (Lipinski definition) is 1. The molecule has 138 valence electrons. The first-order chi connectivity index (χ1) is 12.3. The third-order valence-corrected chi connectivity index (χ3v) is 4.94. The van der Waals surface area contributed by atoms with Crippen LogP contribution in [0.25, 0.3) is 0 Å². The summed E-state index contributed by atoms with van der Waals surface area (Å²) in [6, 6.07) is 4.04. The molecule has 0 saturated carbocycles. The molecule has 2 aliphatic heterocycles. The van der Waals surface area contributed by atoms with E-state index in [4.69, 9.17) is 9.47 Å². The van der Waals surface area contributed by atoms with Crippen LogP contribution in [0.5, 0.6) is 11.5 Å². The first kappa shape index (κ1) is 18.2. The number of fused-ring (bicyclic) bond motifs is 3. The molecule has 0 aliphatic carbocycles. The largest absolute Gasteiger partial charge is 0.513 e. The minimum atomic E-state index is -0.157. The molecule has 1 atom stereocenters. The molecule has 0 fully saturated rings. The van der Waals surface area contributed by atoms with Gasteiger partial charge < -0.3 is 14.6 Å². The van der Waals surface area contributed by atoms with Crippen molar-refractivity contribution in [1.29, 1.82) is 0 Å². The molecule has 0 saturated heterocycles. The highest BCUT2D eigenvalue weighted by atomic mass is 16.5. The van der Waals surface area contributed by atoms with Gasteiger partial charge in [-0.3, -0.25) is 0 Å². The Labute approximate surface area is 154 Å². The Morgan fingerprint density at radius 1 is 1.38 bits per heavy atom. The fourth-order valence-electron chi connectivity index (χ4n) is 3.54. The Morgan fingerprint density at radius 3 is 2.85 bits per heavy atom. The summed E-state index contributed by atoms with van der Waals surface area (Å²) in [6.07, 6.45) is 5.84. The van der Waals surface area contributed by atoms with Crippen LogP contribution in [0, 0.1) is 10.8 Å². The Hall–Kier alpha value is -2.56. The molecule has 2 aliphatic rings. The topological polar surface area (TPSA) is 68.1 Å². The van der Waals surface area contributed by atoms with E-state index in [2.05, 4.69) is 25.6 Å². The van der Waals surface area contributed by atoms with Gasteiger partial charge in [0, 0.05) is 11.5 Å². The predicted molar refractivity (Wildman–Crippen MR) is 102 cm³/mol. The number of aliphatic hydroxyl groups is 1. The molecular formula is C21H25NO4. The van der Waals surface area contributed by atoms with Gasteiger partial charge in [0.2, 0.25) is 0 Å². The molecule has 26 heavy (non-hydrogen) atoms. The summed E-state index contributed by atoms with van der Waals surface area (Å²) in [6.45, 7) is 9.94. The summed E-state index contributed by atoms with van der Waals surface area (Å²) in [5.41, 5.74) is 2.93. The first-order valence-corrected chi connectivity index (χ1v) is 8.87. The lowest BCUT2D eigenvalue weighted by Crippen LogP contribution is -2.33. The summed E-state index contributed by atoms with van der Waals surface area (Å²) in [5.74, 6) is 1.92. The van der Waals surface area contributed by atoms with Crippen molar-refractivity contribution in [3.63, 3.8) is 0 Å². The maximum atomic E-state index is 11.0. The fraction of sp³-hybridized carbons (Fsp3) is 0.429. The highest BCUT2D eigenvalue weighted by Crippen LogP contribution is 2.43. The SMILES string of the molecule is C=C(N=O)/C(=C\C=C(/C)O)C1COc2c(ccc3c2CCC(C)(C)O3)C1. The van der Waals surface area contributed by atoms with Crippen LogP contribution in [0.4, 0.5) is 0 Å². The lowest BCUT2D eigenvalue weighted by Gasteiger charge is -2.36. The van der Waals surface area contributed by atoms with E-state index in [1.807, 2.05) is 12.1 Å². The zero-order valence-electron chi connectivity index (χ0n) is 15.5. The summed E-state index contributed by atoms with van der Waals surface area (Å²) in [5, 5.41) is 12.4. The molecule has 2 heterocycles. The van der Waals surface area contributed by atoms with Crippen LogP contribution >= 0.6 is 0 Å². The Bertz CT molecular complexity index is 800. The van der Waals surface area contributed by atoms with Crippen molar-refractivity contribution in [2.45, 2.75) is 45.6 Å². The number of hydrogen-bond acceptors (Lipinski definition) is 5. The Kier molecular flexibility index (Phi) is 4.90. The number of benzene rings is 1. The average molecular weight is 355 g/mol. The first-order valence-electron chi connectivity index (χ1n) is 8.87. The van der Waals surface area contributed by atoms with E-state index in [9.17, 15) is 10.0 Å². The molecule has 0 amide bonds. The van der Waals surface area contributed by atoms with Crippen LogP contribution in [-0.2, 0) is 12.8 Å². The molecule has 5 nitrogen and oxygen atoms in total. The third-order valence-electron chi connectivity index (χ3n) is 4.94. The highest BCUT2D eigenvalue weighted by Gasteiger charge is 2.32. The lowest BCUT2D eigenvalue weighted by atomic mass is 9.85. The number of nitroso groups, excluding NO2 is 1. The number of aliphatic hydroxyl groups excluding tert-OH is 1. The molecule has 1 aromatic rings. The summed E-state index contributed by atoms with van der Waals surface area (Å²) in [4.78, 5) is 11.0. The van der Waals surface area contributed by atoms with Crippen molar-refractivity contribution in [2.75, 3.05) is 6.61 Å². The van der Waals surface area contributed by atoms with Crippen LogP contribution < -0.4 is 9.47 Å². The zero-order valence-corrected chi connectivity index (χ0v) is 15.5. The fourth-order valence-corrected chi connectivity index (χ4v) is 3.54. The second-order valence-electron chi connectivity index (χ2n) is 7.57. The van der Waals surface area contributed by atoms with Crippen LogP contribution in [0.2, 0.25) is 0 Å². The molecule has 5 heteroatoms. The monoisotopic (exact) mass is 355 g/mol. The van der Waals surface area contributed by atoms with Crippen molar-refractivity contribution >= 4 is 0 Å². The van der Waals surface area contributed by atoms with Gasteiger partial charge in [0.1, 0.15) is 22.8 Å². The third kappa shape index (κ3) is 3.66. The van der Waals surface area contributed by atoms with Crippen molar-refractivity contribution < 1.29 is 14.6 Å². The molecule has 0 aromatic heterocycles. The van der Waals surface area contributed by atoms with E-state index in [0.29, 0.717) is 12.2 Å². The van der Waals surface area contributed by atoms with E-state index in [1.54, 1.807) is 19.1 Å². The number of ether oxygens (including phenoxy) is 2. The molecule has 1 aromatic carbocycles. The smallest absolute Gasteiger partial charge is 0.129 e. The van der Waals surface area contributed by atoms with E-state index in [-0.39, 0.29) is 23.0 Å². The number of rotatable bonds is 4. The summed E-state index contributed by atoms with van der Waals surface area (Å²) < 4.78 is 12.2. The quantitative estimate of drug-likeness (QED) is 0.468. The van der Waals surface area contributed by atoms with Crippen LogP contribution in [0.15, 0.2) is 53.1 Å². The maximum Gasteiger partial charge on any atom is 0.129 e. The van der Waals surface area contributed by atoms with E-state index >= 15 is 0 Å². The van der Waals surface area contributed by atoms with Crippen molar-refractivity contribution in [2.24, 2.45) is 11.1 Å². The van der Waals surface area contributed by atoms with Gasteiger partial charge in [-0.1, -0.05) is 18.7 Å². The van der Waals surface area contributed by atoms with Gasteiger partial charge in [-0.15, -0.1) is 4.91 Å². The minimum Gasteiger partial charge on any atom is -0.513 e. The standard InChI is InChI=1S/C21H25NO4/c1-13(23)5-7-17(14(2)22-24)16-11-15-6-8-19-18(20(15)25-12-16)9-10-21(3,4)26-19/h5-8,16,23H,2,9-12H2,1,3-4H3/b13-5+,17-7+. The Morgan fingerprint density at radius 2 is 2.15 bits per heavy atom. The Balaban J connectivity index is 1.90. The van der Waals surface area contributed by atoms with Crippen molar-refractivity contribution in [3.8, 4) is 11.5 Å². The van der Waals surface area contributed by atoms with Gasteiger partial charge in [0.05, 0.1) is 12.4 Å². The molecule has 0 radical (unpaired) electrons. The normalized spacial score (nSPS) is 21.7. The zero-order chi connectivity index (χ0) is 18.9. The lowest BCUT2D eigenvalue weighted by molar-refractivity contribution is 0.0825. The van der Waals surface area contributed by atoms with Gasteiger partial charge in [-0.25, -0.2) is 0 Å². The molecule has 0 spiro atoms. The summed E-state index contributed by atoms with van der Waals surface area (Å²) >= 11 is 0. The molecule has 0 bridgehead atoms. The number of nitrogens with zero attached hydrogens (tertiary/aromatic N) is 1. The van der Waals surface area contributed by atoms with Gasteiger partial charge in [0.25, 0.3) is 0 Å². The summed E-state index contributed by atoms with van der Waals surface area (Å²) in [7, 11) is 0. The molecule has 3 rings (SSSR count). The predicted octanol–water partition coefficient (Wildman–Crippen LogP) is 5.01.